The van der Waals surface area contributed by atoms with E-state index in [0.29, 0.717) is 29.8 Å². The van der Waals surface area contributed by atoms with Crippen molar-refractivity contribution in [2.75, 3.05) is 6.54 Å². The minimum atomic E-state index is -1.36. The molecule has 6 heteroatoms. The number of nitrogens with zero attached hydrogens (tertiary/aromatic N) is 1. The quantitative estimate of drug-likeness (QED) is 0.727. The number of rotatable bonds is 2. The number of ether oxygens (including phenoxy) is 2. The van der Waals surface area contributed by atoms with Gasteiger partial charge in [-0.1, -0.05) is 13.8 Å². The van der Waals surface area contributed by atoms with Gasteiger partial charge in [0.15, 0.2) is 5.60 Å². The van der Waals surface area contributed by atoms with Gasteiger partial charge in [0.2, 0.25) is 0 Å². The van der Waals surface area contributed by atoms with Crippen molar-refractivity contribution in [2.45, 2.75) is 89.2 Å². The average molecular weight is 392 g/mol. The fraction of sp³-hybridized carbons (Fsp3) is 0.909. The first kappa shape index (κ1) is 18.9. The molecule has 0 radical (unpaired) electrons. The summed E-state index contributed by atoms with van der Waals surface area (Å²) in [6, 6.07) is 0.760. The second-order valence-electron chi connectivity index (χ2n) is 10.1. The number of carbonyl (C=O) groups is 2. The molecular formula is C22H33NO5. The van der Waals surface area contributed by atoms with Crippen molar-refractivity contribution in [3.05, 3.63) is 0 Å². The average Bonchev–Trinajstić information content (AvgIpc) is 3.31. The minimum Gasteiger partial charge on any atom is -0.460 e. The lowest BCUT2D eigenvalue weighted by Crippen LogP contribution is -2.47. The molecule has 0 aromatic carbocycles. The molecule has 156 valence electrons. The van der Waals surface area contributed by atoms with Crippen molar-refractivity contribution in [2.24, 2.45) is 29.6 Å². The number of hydrogen-bond donors (Lipinski definition) is 1. The van der Waals surface area contributed by atoms with Crippen LogP contribution in [0, 0.1) is 29.6 Å². The Morgan fingerprint density at radius 1 is 1.18 bits per heavy atom. The fourth-order valence-electron chi connectivity index (χ4n) is 7.58. The largest absolute Gasteiger partial charge is 0.460 e. The monoisotopic (exact) mass is 391 g/mol. The second kappa shape index (κ2) is 6.43. The number of esters is 2. The summed E-state index contributed by atoms with van der Waals surface area (Å²) in [7, 11) is 0. The van der Waals surface area contributed by atoms with Gasteiger partial charge in [0.05, 0.1) is 5.92 Å². The number of hydrogen-bond acceptors (Lipinski definition) is 6. The molecule has 5 rings (SSSR count). The van der Waals surface area contributed by atoms with Gasteiger partial charge in [-0.2, -0.15) is 0 Å². The van der Waals surface area contributed by atoms with Crippen molar-refractivity contribution in [3.8, 4) is 0 Å². The highest BCUT2D eigenvalue weighted by Crippen LogP contribution is 2.59. The molecule has 10 atom stereocenters. The summed E-state index contributed by atoms with van der Waals surface area (Å²) < 4.78 is 11.5. The van der Waals surface area contributed by atoms with E-state index >= 15 is 0 Å². The van der Waals surface area contributed by atoms with E-state index in [0.717, 1.165) is 45.1 Å². The molecule has 5 aliphatic rings. The Kier molecular flexibility index (Phi) is 4.33. The maximum atomic E-state index is 12.3. The summed E-state index contributed by atoms with van der Waals surface area (Å²) in [5.74, 6) is 0.521. The van der Waals surface area contributed by atoms with Crippen molar-refractivity contribution >= 4 is 11.9 Å². The van der Waals surface area contributed by atoms with Crippen LogP contribution in [0.2, 0.25) is 0 Å². The summed E-state index contributed by atoms with van der Waals surface area (Å²) in [6.07, 6.45) is 5.95. The maximum Gasteiger partial charge on any atom is 0.338 e. The van der Waals surface area contributed by atoms with Crippen LogP contribution in [0.3, 0.4) is 0 Å². The third kappa shape index (κ3) is 2.46. The Hall–Kier alpha value is -1.14. The van der Waals surface area contributed by atoms with E-state index in [4.69, 9.17) is 9.47 Å². The van der Waals surface area contributed by atoms with Gasteiger partial charge >= 0.3 is 11.9 Å². The van der Waals surface area contributed by atoms with Gasteiger partial charge in [-0.25, -0.2) is 4.79 Å². The molecule has 0 aromatic heterocycles. The van der Waals surface area contributed by atoms with Crippen LogP contribution in [0.25, 0.3) is 0 Å². The number of aliphatic hydroxyl groups is 1. The topological polar surface area (TPSA) is 76.1 Å². The van der Waals surface area contributed by atoms with Gasteiger partial charge in [-0.05, 0) is 63.8 Å². The molecule has 10 unspecified atom stereocenters. The first-order valence-electron chi connectivity index (χ1n) is 11.2. The first-order chi connectivity index (χ1) is 13.3. The molecule has 6 nitrogen and oxygen atoms in total. The molecule has 1 saturated carbocycles. The third-order valence-electron chi connectivity index (χ3n) is 8.70. The molecule has 0 amide bonds. The van der Waals surface area contributed by atoms with Crippen LogP contribution >= 0.6 is 0 Å². The fourth-order valence-corrected chi connectivity index (χ4v) is 7.58. The highest BCUT2D eigenvalue weighted by molar-refractivity contribution is 5.82. The zero-order chi connectivity index (χ0) is 19.8. The van der Waals surface area contributed by atoms with Crippen LogP contribution in [0.15, 0.2) is 0 Å². The Balaban J connectivity index is 1.44. The van der Waals surface area contributed by atoms with E-state index in [1.165, 1.54) is 0 Å². The van der Waals surface area contributed by atoms with Crippen molar-refractivity contribution < 1.29 is 24.2 Å². The zero-order valence-electron chi connectivity index (χ0n) is 17.2. The maximum absolute atomic E-state index is 12.3. The number of fused-ring (bicyclic) bond motifs is 5. The molecule has 28 heavy (non-hydrogen) atoms. The van der Waals surface area contributed by atoms with Gasteiger partial charge in [0, 0.05) is 23.9 Å². The van der Waals surface area contributed by atoms with E-state index < -0.39 is 11.6 Å². The highest BCUT2D eigenvalue weighted by atomic mass is 16.6. The molecule has 0 aromatic rings. The van der Waals surface area contributed by atoms with Crippen molar-refractivity contribution in [1.82, 2.24) is 4.90 Å². The van der Waals surface area contributed by atoms with Gasteiger partial charge in [-0.15, -0.1) is 0 Å². The third-order valence-corrected chi connectivity index (χ3v) is 8.70. The van der Waals surface area contributed by atoms with E-state index in [9.17, 15) is 14.7 Å². The molecular weight excluding hydrogens is 358 g/mol. The van der Waals surface area contributed by atoms with Crippen LogP contribution in [0.1, 0.15) is 59.3 Å². The summed E-state index contributed by atoms with van der Waals surface area (Å²) in [6.45, 7) is 6.84. The van der Waals surface area contributed by atoms with E-state index in [2.05, 4.69) is 11.8 Å². The van der Waals surface area contributed by atoms with Gasteiger partial charge in [0.1, 0.15) is 12.2 Å². The zero-order valence-corrected chi connectivity index (χ0v) is 17.2. The molecule has 0 spiro atoms. The number of carbonyl (C=O) groups excluding carboxylic acids is 2. The summed E-state index contributed by atoms with van der Waals surface area (Å²) in [4.78, 5) is 26.9. The Morgan fingerprint density at radius 3 is 2.61 bits per heavy atom. The van der Waals surface area contributed by atoms with Gasteiger partial charge < -0.3 is 14.6 Å². The standard InChI is InChI=1S/C22H33NO5/c1-4-12-17-13(18-19(12)28-21(25)22(18,3)26)6-5-9-23-14(7-8-15(17)23)16-10-11(2)20(24)27-16/h11-19,26H,4-10H2,1-3H3. The van der Waals surface area contributed by atoms with E-state index in [1.54, 1.807) is 6.92 Å². The molecule has 5 fully saturated rings. The van der Waals surface area contributed by atoms with Crippen LogP contribution in [-0.4, -0.2) is 58.4 Å². The van der Waals surface area contributed by atoms with Crippen LogP contribution in [-0.2, 0) is 19.1 Å². The predicted molar refractivity (Wildman–Crippen MR) is 101 cm³/mol. The van der Waals surface area contributed by atoms with Crippen LogP contribution in [0.4, 0.5) is 0 Å². The van der Waals surface area contributed by atoms with Gasteiger partial charge in [0.25, 0.3) is 0 Å². The predicted octanol–water partition coefficient (Wildman–Crippen LogP) is 2.13. The lowest BCUT2D eigenvalue weighted by Gasteiger charge is -2.38. The molecule has 1 aliphatic carbocycles. The minimum absolute atomic E-state index is 0.00696. The second-order valence-corrected chi connectivity index (χ2v) is 10.1. The molecule has 4 saturated heterocycles. The smallest absolute Gasteiger partial charge is 0.338 e. The van der Waals surface area contributed by atoms with Crippen LogP contribution in [0.5, 0.6) is 0 Å². The Bertz CT molecular complexity index is 678. The van der Waals surface area contributed by atoms with Gasteiger partial charge in [-0.3, -0.25) is 9.69 Å². The summed E-state index contributed by atoms with van der Waals surface area (Å²) >= 11 is 0. The SMILES string of the molecule is CCC1C2OC(=O)C(C)(O)C2C2CCCN3C(C4CC(C)C(=O)O4)CCC3C12. The first-order valence-corrected chi connectivity index (χ1v) is 11.2. The van der Waals surface area contributed by atoms with Crippen molar-refractivity contribution in [3.63, 3.8) is 0 Å². The molecule has 0 bridgehead atoms. The molecule has 1 N–H and O–H groups in total. The summed E-state index contributed by atoms with van der Waals surface area (Å²) in [5.41, 5.74) is -1.36. The van der Waals surface area contributed by atoms with Crippen molar-refractivity contribution in [1.29, 1.82) is 0 Å². The Morgan fingerprint density at radius 2 is 1.93 bits per heavy atom. The number of cyclic esters (lactones) is 1. The molecule has 4 heterocycles. The Labute approximate surface area is 166 Å². The highest BCUT2D eigenvalue weighted by Gasteiger charge is 2.67. The lowest BCUT2D eigenvalue weighted by molar-refractivity contribution is -0.157. The van der Waals surface area contributed by atoms with Crippen LogP contribution < -0.4 is 0 Å². The van der Waals surface area contributed by atoms with E-state index in [1.807, 2.05) is 6.92 Å². The normalized spacial score (nSPS) is 53.4. The lowest BCUT2D eigenvalue weighted by atomic mass is 9.75. The van der Waals surface area contributed by atoms with E-state index in [-0.39, 0.29) is 30.0 Å². The summed E-state index contributed by atoms with van der Waals surface area (Å²) in [5, 5.41) is 11.0. The molecule has 4 aliphatic heterocycles.